The van der Waals surface area contributed by atoms with Gasteiger partial charge in [-0.1, -0.05) is 29.8 Å². The Balaban J connectivity index is 2.01. The van der Waals surface area contributed by atoms with Crippen LogP contribution < -0.4 is 0 Å². The molecule has 1 aromatic heterocycles. The second-order valence-corrected chi connectivity index (χ2v) is 5.38. The number of hydrogen-bond acceptors (Lipinski definition) is 3. The Bertz CT molecular complexity index is 897. The van der Waals surface area contributed by atoms with E-state index >= 15 is 0 Å². The number of aromatic hydroxyl groups is 1. The highest BCUT2D eigenvalue weighted by Crippen LogP contribution is 2.28. The van der Waals surface area contributed by atoms with Gasteiger partial charge in [0.2, 0.25) is 0 Å². The molecule has 0 amide bonds. The Morgan fingerprint density at radius 2 is 2.09 bits per heavy atom. The summed E-state index contributed by atoms with van der Waals surface area (Å²) in [7, 11) is 0. The maximum atomic E-state index is 11.4. The predicted molar refractivity (Wildman–Crippen MR) is 88.7 cm³/mol. The van der Waals surface area contributed by atoms with Crippen LogP contribution in [0.4, 0.5) is 5.69 Å². The summed E-state index contributed by atoms with van der Waals surface area (Å²) in [5, 5.41) is 11.4. The lowest BCUT2D eigenvalue weighted by molar-refractivity contribution is 0.101. The standard InChI is InChI=1S/C17H13ClN2O2/c1-10(21)11-3-2-4-13(7-11)19-9-15-14-6-5-12(18)8-16(14)20-17(15)22/h2-9,20,22H,1H3. The molecule has 110 valence electrons. The highest BCUT2D eigenvalue weighted by molar-refractivity contribution is 6.31. The summed E-state index contributed by atoms with van der Waals surface area (Å²) in [4.78, 5) is 18.6. The van der Waals surface area contributed by atoms with Crippen LogP contribution in [0.25, 0.3) is 10.9 Å². The molecule has 2 aromatic carbocycles. The van der Waals surface area contributed by atoms with Crippen molar-refractivity contribution in [2.75, 3.05) is 0 Å². The van der Waals surface area contributed by atoms with Crippen molar-refractivity contribution in [2.24, 2.45) is 4.99 Å². The molecular formula is C17H13ClN2O2. The largest absolute Gasteiger partial charge is 0.494 e. The fourth-order valence-electron chi connectivity index (χ4n) is 2.25. The SMILES string of the molecule is CC(=O)c1cccc(N=Cc2c(O)[nH]c3cc(Cl)ccc23)c1. The van der Waals surface area contributed by atoms with Gasteiger partial charge in [-0.3, -0.25) is 9.79 Å². The smallest absolute Gasteiger partial charge is 0.198 e. The zero-order valence-electron chi connectivity index (χ0n) is 11.8. The van der Waals surface area contributed by atoms with Crippen LogP contribution >= 0.6 is 11.6 Å². The summed E-state index contributed by atoms with van der Waals surface area (Å²) in [6, 6.07) is 12.3. The zero-order valence-corrected chi connectivity index (χ0v) is 12.6. The highest BCUT2D eigenvalue weighted by atomic mass is 35.5. The Morgan fingerprint density at radius 3 is 2.86 bits per heavy atom. The van der Waals surface area contributed by atoms with E-state index in [9.17, 15) is 9.90 Å². The van der Waals surface area contributed by atoms with Crippen LogP contribution in [0.1, 0.15) is 22.8 Å². The zero-order chi connectivity index (χ0) is 15.7. The number of H-pyrrole nitrogens is 1. The molecule has 4 nitrogen and oxygen atoms in total. The van der Waals surface area contributed by atoms with Gasteiger partial charge in [-0.25, -0.2) is 0 Å². The number of carbonyl (C=O) groups is 1. The van der Waals surface area contributed by atoms with Crippen molar-refractivity contribution in [3.8, 4) is 5.88 Å². The maximum Gasteiger partial charge on any atom is 0.198 e. The van der Waals surface area contributed by atoms with E-state index < -0.39 is 0 Å². The Labute approximate surface area is 132 Å². The molecule has 5 heteroatoms. The van der Waals surface area contributed by atoms with Crippen LogP contribution in [0.15, 0.2) is 47.5 Å². The topological polar surface area (TPSA) is 65.4 Å². The van der Waals surface area contributed by atoms with Crippen LogP contribution in [-0.4, -0.2) is 22.1 Å². The molecule has 0 aliphatic carbocycles. The lowest BCUT2D eigenvalue weighted by atomic mass is 10.1. The van der Waals surface area contributed by atoms with Gasteiger partial charge in [0.15, 0.2) is 11.7 Å². The Hall–Kier alpha value is -2.59. The normalized spacial score (nSPS) is 11.4. The molecule has 0 bridgehead atoms. The molecule has 22 heavy (non-hydrogen) atoms. The molecule has 0 atom stereocenters. The van der Waals surface area contributed by atoms with Crippen LogP contribution in [0.3, 0.4) is 0 Å². The van der Waals surface area contributed by atoms with Crippen molar-refractivity contribution >= 4 is 40.2 Å². The minimum absolute atomic E-state index is 0.0124. The number of aromatic nitrogens is 1. The minimum atomic E-state index is -0.0124. The number of carbonyl (C=O) groups excluding carboxylic acids is 1. The number of aromatic amines is 1. The third-order valence-corrected chi connectivity index (χ3v) is 3.61. The van der Waals surface area contributed by atoms with Gasteiger partial charge in [0.25, 0.3) is 0 Å². The number of rotatable bonds is 3. The molecule has 0 radical (unpaired) electrons. The average Bonchev–Trinajstić information content (AvgIpc) is 2.80. The van der Waals surface area contributed by atoms with Crippen molar-refractivity contribution in [1.29, 1.82) is 0 Å². The van der Waals surface area contributed by atoms with E-state index in [1.54, 1.807) is 42.6 Å². The van der Waals surface area contributed by atoms with Gasteiger partial charge in [0.1, 0.15) is 0 Å². The second-order valence-electron chi connectivity index (χ2n) is 4.94. The molecule has 3 rings (SSSR count). The quantitative estimate of drug-likeness (QED) is 0.553. The predicted octanol–water partition coefficient (Wildman–Crippen LogP) is 4.48. The van der Waals surface area contributed by atoms with E-state index in [1.165, 1.54) is 6.92 Å². The molecule has 0 aliphatic heterocycles. The monoisotopic (exact) mass is 312 g/mol. The van der Waals surface area contributed by atoms with Gasteiger partial charge in [0.05, 0.1) is 16.8 Å². The molecule has 3 aromatic rings. The third kappa shape index (κ3) is 2.73. The minimum Gasteiger partial charge on any atom is -0.494 e. The number of nitrogens with one attached hydrogen (secondary N) is 1. The molecule has 0 saturated heterocycles. The van der Waals surface area contributed by atoms with Gasteiger partial charge in [-0.2, -0.15) is 0 Å². The summed E-state index contributed by atoms with van der Waals surface area (Å²) < 4.78 is 0. The fourth-order valence-corrected chi connectivity index (χ4v) is 2.42. The summed E-state index contributed by atoms with van der Waals surface area (Å²) >= 11 is 5.93. The van der Waals surface area contributed by atoms with E-state index in [2.05, 4.69) is 9.98 Å². The van der Waals surface area contributed by atoms with Gasteiger partial charge in [-0.05, 0) is 31.2 Å². The summed E-state index contributed by atoms with van der Waals surface area (Å²) in [5.74, 6) is 0.0189. The first-order valence-corrected chi connectivity index (χ1v) is 7.07. The number of nitrogens with zero attached hydrogens (tertiary/aromatic N) is 1. The van der Waals surface area contributed by atoms with E-state index in [0.717, 1.165) is 10.9 Å². The Morgan fingerprint density at radius 1 is 1.27 bits per heavy atom. The fraction of sp³-hybridized carbons (Fsp3) is 0.0588. The number of ketones is 1. The lowest BCUT2D eigenvalue weighted by Crippen LogP contribution is -1.90. The van der Waals surface area contributed by atoms with Gasteiger partial charge >= 0.3 is 0 Å². The molecule has 0 unspecified atom stereocenters. The average molecular weight is 313 g/mol. The maximum absolute atomic E-state index is 11.4. The first-order valence-electron chi connectivity index (χ1n) is 6.70. The number of halogens is 1. The van der Waals surface area contributed by atoms with Crippen molar-refractivity contribution < 1.29 is 9.90 Å². The number of benzene rings is 2. The molecule has 2 N–H and O–H groups in total. The van der Waals surface area contributed by atoms with Crippen molar-refractivity contribution in [3.05, 3.63) is 58.6 Å². The lowest BCUT2D eigenvalue weighted by Gasteiger charge is -1.98. The number of fused-ring (bicyclic) bond motifs is 1. The molecule has 1 heterocycles. The number of aliphatic imine (C=N–C) groups is 1. The molecule has 0 aliphatic rings. The van der Waals surface area contributed by atoms with Crippen LogP contribution in [0.5, 0.6) is 5.88 Å². The number of Topliss-reactive ketones (excluding diaryl/α,β-unsaturated/α-hetero) is 1. The molecule has 0 spiro atoms. The Kier molecular flexibility index (Phi) is 3.69. The third-order valence-electron chi connectivity index (χ3n) is 3.38. The first kappa shape index (κ1) is 14.4. The van der Waals surface area contributed by atoms with E-state index in [-0.39, 0.29) is 11.7 Å². The molecule has 0 fully saturated rings. The number of hydrogen-bond donors (Lipinski definition) is 2. The summed E-state index contributed by atoms with van der Waals surface area (Å²) in [5.41, 5.74) is 2.57. The van der Waals surface area contributed by atoms with Crippen molar-refractivity contribution in [3.63, 3.8) is 0 Å². The van der Waals surface area contributed by atoms with Crippen molar-refractivity contribution in [1.82, 2.24) is 4.98 Å². The van der Waals surface area contributed by atoms with E-state index in [1.807, 2.05) is 6.07 Å². The molecular weight excluding hydrogens is 300 g/mol. The van der Waals surface area contributed by atoms with Crippen LogP contribution in [0, 0.1) is 0 Å². The summed E-state index contributed by atoms with van der Waals surface area (Å²) in [6.45, 7) is 1.51. The van der Waals surface area contributed by atoms with E-state index in [0.29, 0.717) is 21.8 Å². The highest BCUT2D eigenvalue weighted by Gasteiger charge is 2.09. The van der Waals surface area contributed by atoms with Crippen LogP contribution in [-0.2, 0) is 0 Å². The van der Waals surface area contributed by atoms with Gasteiger partial charge in [-0.15, -0.1) is 0 Å². The van der Waals surface area contributed by atoms with Crippen molar-refractivity contribution in [2.45, 2.75) is 6.92 Å². The van der Waals surface area contributed by atoms with Gasteiger partial charge in [0, 0.05) is 22.2 Å². The van der Waals surface area contributed by atoms with E-state index in [4.69, 9.17) is 11.6 Å². The molecule has 0 saturated carbocycles. The first-order chi connectivity index (χ1) is 10.5. The summed E-state index contributed by atoms with van der Waals surface area (Å²) in [6.07, 6.45) is 1.57. The van der Waals surface area contributed by atoms with Crippen LogP contribution in [0.2, 0.25) is 5.02 Å². The van der Waals surface area contributed by atoms with Gasteiger partial charge < -0.3 is 10.1 Å². The second kappa shape index (κ2) is 5.66.